The first-order valence-corrected chi connectivity index (χ1v) is 12.0. The van der Waals surface area contributed by atoms with E-state index in [4.69, 9.17) is 13.9 Å². The number of oxazole rings is 1. The fourth-order valence-electron chi connectivity index (χ4n) is 4.63. The quantitative estimate of drug-likeness (QED) is 0.298. The second-order valence-corrected chi connectivity index (χ2v) is 10.6. The Labute approximate surface area is 216 Å². The van der Waals surface area contributed by atoms with Crippen LogP contribution in [0.2, 0.25) is 0 Å². The Morgan fingerprint density at radius 3 is 2.24 bits per heavy atom. The largest absolute Gasteiger partial charge is 0.517 e. The zero-order valence-corrected chi connectivity index (χ0v) is 21.8. The minimum absolute atomic E-state index is 0.00491. The Kier molecular flexibility index (Phi) is 6.67. The fourth-order valence-corrected chi connectivity index (χ4v) is 4.63. The Morgan fingerprint density at radius 2 is 1.74 bits per heavy atom. The number of carboxylic acid groups (broad SMARTS) is 1. The van der Waals surface area contributed by atoms with Crippen LogP contribution in [0.1, 0.15) is 62.6 Å². The zero-order chi connectivity index (χ0) is 28.2. The third-order valence-electron chi connectivity index (χ3n) is 6.31. The number of halogens is 3. The molecule has 1 aliphatic rings. The van der Waals surface area contributed by atoms with Crippen molar-refractivity contribution >= 4 is 23.0 Å². The van der Waals surface area contributed by atoms with Crippen LogP contribution in [0.5, 0.6) is 5.75 Å². The molecular formula is C26H29F3N3O6+. The van der Waals surface area contributed by atoms with E-state index in [9.17, 15) is 27.9 Å². The predicted octanol–water partition coefficient (Wildman–Crippen LogP) is 6.08. The van der Waals surface area contributed by atoms with Gasteiger partial charge in [0.1, 0.15) is 35.7 Å². The van der Waals surface area contributed by atoms with E-state index >= 15 is 0 Å². The van der Waals surface area contributed by atoms with Crippen molar-refractivity contribution in [3.05, 3.63) is 41.4 Å². The van der Waals surface area contributed by atoms with Crippen LogP contribution in [0, 0.1) is 5.92 Å². The van der Waals surface area contributed by atoms with Gasteiger partial charge in [-0.2, -0.15) is 18.0 Å². The van der Waals surface area contributed by atoms with E-state index in [1.807, 2.05) is 13.8 Å². The topological polar surface area (TPSA) is 112 Å². The molecular weight excluding hydrogens is 507 g/mol. The number of hydrogen-bond acceptors (Lipinski definition) is 7. The molecule has 1 saturated heterocycles. The highest BCUT2D eigenvalue weighted by molar-refractivity contribution is 5.97. The van der Waals surface area contributed by atoms with Crippen LogP contribution in [0.3, 0.4) is 0 Å². The normalized spacial score (nSPS) is 15.9. The first kappa shape index (κ1) is 27.4. The first-order valence-electron chi connectivity index (χ1n) is 12.0. The van der Waals surface area contributed by atoms with Crippen LogP contribution in [-0.2, 0) is 10.9 Å². The van der Waals surface area contributed by atoms with Gasteiger partial charge in [-0.25, -0.2) is 19.2 Å². The van der Waals surface area contributed by atoms with Crippen molar-refractivity contribution in [2.24, 2.45) is 5.92 Å². The van der Waals surface area contributed by atoms with E-state index in [0.717, 1.165) is 6.07 Å². The number of quaternary nitrogens is 1. The molecule has 0 radical (unpaired) electrons. The van der Waals surface area contributed by atoms with E-state index in [2.05, 4.69) is 9.97 Å². The van der Waals surface area contributed by atoms with Crippen LogP contribution in [0.4, 0.5) is 18.0 Å². The second kappa shape index (κ2) is 9.26. The van der Waals surface area contributed by atoms with Gasteiger partial charge < -0.3 is 19.0 Å². The van der Waals surface area contributed by atoms with Crippen LogP contribution >= 0.6 is 0 Å². The number of ether oxygens (including phenoxy) is 2. The molecule has 0 unspecified atom stereocenters. The number of nitrogens with zero attached hydrogens (tertiary/aromatic N) is 3. The lowest BCUT2D eigenvalue weighted by Crippen LogP contribution is -2.44. The summed E-state index contributed by atoms with van der Waals surface area (Å²) in [6, 6.07) is 4.25. The average molecular weight is 537 g/mol. The number of amides is 1. The molecule has 12 heteroatoms. The van der Waals surface area contributed by atoms with Gasteiger partial charge >= 0.3 is 18.2 Å². The van der Waals surface area contributed by atoms with Crippen LogP contribution in [0.15, 0.2) is 28.7 Å². The van der Waals surface area contributed by atoms with Crippen molar-refractivity contribution in [3.8, 4) is 17.2 Å². The number of pyridine rings is 1. The third kappa shape index (κ3) is 4.92. The lowest BCUT2D eigenvalue weighted by atomic mass is 9.98. The number of rotatable bonds is 6. The van der Waals surface area contributed by atoms with Crippen molar-refractivity contribution in [3.63, 3.8) is 0 Å². The van der Waals surface area contributed by atoms with Crippen molar-refractivity contribution in [2.75, 3.05) is 20.2 Å². The highest BCUT2D eigenvalue weighted by Gasteiger charge is 2.62. The maximum atomic E-state index is 13.3. The Morgan fingerprint density at radius 1 is 1.08 bits per heavy atom. The van der Waals surface area contributed by atoms with E-state index < -0.39 is 35.6 Å². The molecule has 3 aromatic rings. The zero-order valence-electron chi connectivity index (χ0n) is 21.8. The maximum absolute atomic E-state index is 13.3. The molecule has 204 valence electrons. The molecule has 3 heterocycles. The monoisotopic (exact) mass is 536 g/mol. The summed E-state index contributed by atoms with van der Waals surface area (Å²) < 4.78 is 56.8. The number of alkyl halides is 3. The summed E-state index contributed by atoms with van der Waals surface area (Å²) in [6.07, 6.45) is -5.17. The van der Waals surface area contributed by atoms with Crippen LogP contribution in [-0.4, -0.2) is 57.4 Å². The molecule has 1 aromatic carbocycles. The number of carbonyl (C=O) groups is 2. The number of methoxy groups -OCH3 is 1. The highest BCUT2D eigenvalue weighted by Crippen LogP contribution is 2.46. The van der Waals surface area contributed by atoms with Gasteiger partial charge in [-0.3, -0.25) is 0 Å². The summed E-state index contributed by atoms with van der Waals surface area (Å²) in [4.78, 5) is 33.4. The summed E-state index contributed by atoms with van der Waals surface area (Å²) in [5.74, 6) is -1.64. The average Bonchev–Trinajstić information content (AvgIpc) is 3.48. The van der Waals surface area contributed by atoms with Crippen molar-refractivity contribution < 1.29 is 46.2 Å². The molecule has 4 rings (SSSR count). The van der Waals surface area contributed by atoms with Gasteiger partial charge in [-0.05, 0) is 45.0 Å². The molecule has 0 bridgehead atoms. The smallest absolute Gasteiger partial charge is 0.494 e. The van der Waals surface area contributed by atoms with Crippen molar-refractivity contribution in [1.29, 1.82) is 0 Å². The summed E-state index contributed by atoms with van der Waals surface area (Å²) >= 11 is 0. The number of carboxylic acids is 1. The highest BCUT2D eigenvalue weighted by atomic mass is 19.4. The number of fused-ring (bicyclic) bond motifs is 1. The van der Waals surface area contributed by atoms with E-state index in [1.54, 1.807) is 20.8 Å². The summed E-state index contributed by atoms with van der Waals surface area (Å²) in [5, 5.41) is 10.2. The summed E-state index contributed by atoms with van der Waals surface area (Å²) in [6.45, 7) is 9.79. The van der Waals surface area contributed by atoms with Crippen molar-refractivity contribution in [1.82, 2.24) is 9.97 Å². The Bertz CT molecular complexity index is 1400. The Balaban J connectivity index is 1.88. The van der Waals surface area contributed by atoms with Gasteiger partial charge in [0.05, 0.1) is 7.11 Å². The lowest BCUT2D eigenvalue weighted by Gasteiger charge is -2.30. The third-order valence-corrected chi connectivity index (χ3v) is 6.31. The summed E-state index contributed by atoms with van der Waals surface area (Å²) in [5.41, 5.74) is -2.09. The molecule has 0 saturated carbocycles. The van der Waals surface area contributed by atoms with E-state index in [-0.39, 0.29) is 50.0 Å². The molecule has 1 aliphatic heterocycles. The SMILES string of the molecule is COc1ccc(-c2nc(C(=O)O)c([C@H](C(C)C)[N+]3(C(=O)OC(C)(C)C)CC3)o2)c2ccc(C(F)(F)F)nc12. The van der Waals surface area contributed by atoms with Crippen molar-refractivity contribution in [2.45, 2.75) is 52.4 Å². The summed E-state index contributed by atoms with van der Waals surface area (Å²) in [7, 11) is 1.30. The Hall–Kier alpha value is -3.67. The minimum atomic E-state index is -4.68. The lowest BCUT2D eigenvalue weighted by molar-refractivity contribution is -0.767. The fraction of sp³-hybridized carbons (Fsp3) is 0.462. The predicted molar refractivity (Wildman–Crippen MR) is 130 cm³/mol. The molecule has 0 spiro atoms. The first-order chi connectivity index (χ1) is 17.6. The molecule has 38 heavy (non-hydrogen) atoms. The van der Waals surface area contributed by atoms with Gasteiger partial charge in [-0.1, -0.05) is 13.8 Å². The number of benzene rings is 1. The molecule has 1 amide bonds. The van der Waals surface area contributed by atoms with E-state index in [1.165, 1.54) is 25.3 Å². The van der Waals surface area contributed by atoms with Gasteiger partial charge in [0.2, 0.25) is 5.89 Å². The standard InChI is InChI=1S/C26H28F3N3O6/c1-13(2)20(32(11-12-32)24(35)38-25(3,4)5)21-19(23(33)34)31-22(37-21)15-7-9-16(36-6)18-14(15)8-10-17(30-18)26(27,28)29/h7-10,13,20H,11-12H2,1-6H3/p+1/t20-/m0/s1. The van der Waals surface area contributed by atoms with Crippen LogP contribution < -0.4 is 4.74 Å². The second-order valence-electron chi connectivity index (χ2n) is 10.6. The maximum Gasteiger partial charge on any atom is 0.517 e. The van der Waals surface area contributed by atoms with Gasteiger partial charge in [0.15, 0.2) is 17.5 Å². The van der Waals surface area contributed by atoms with Gasteiger partial charge in [0.25, 0.3) is 0 Å². The molecule has 1 N–H and O–H groups in total. The molecule has 0 aliphatic carbocycles. The number of aromatic carboxylic acids is 1. The number of aromatic nitrogens is 2. The number of hydrogen-bond donors (Lipinski definition) is 1. The van der Waals surface area contributed by atoms with Gasteiger partial charge in [0, 0.05) is 16.9 Å². The van der Waals surface area contributed by atoms with Gasteiger partial charge in [-0.15, -0.1) is 0 Å². The molecule has 2 aromatic heterocycles. The van der Waals surface area contributed by atoms with E-state index in [0.29, 0.717) is 13.1 Å². The number of carbonyl (C=O) groups excluding carboxylic acids is 1. The molecule has 9 nitrogen and oxygen atoms in total. The van der Waals surface area contributed by atoms with Crippen LogP contribution in [0.25, 0.3) is 22.4 Å². The molecule has 1 fully saturated rings. The minimum Gasteiger partial charge on any atom is -0.494 e. The molecule has 1 atom stereocenters.